The van der Waals surface area contributed by atoms with Gasteiger partial charge >= 0.3 is 0 Å². The minimum absolute atomic E-state index is 0.00159. The first-order valence-corrected chi connectivity index (χ1v) is 5.80. The zero-order valence-electron chi connectivity index (χ0n) is 10.2. The second-order valence-electron chi connectivity index (χ2n) is 4.09. The van der Waals surface area contributed by atoms with Crippen molar-refractivity contribution in [3.63, 3.8) is 0 Å². The highest BCUT2D eigenvalue weighted by molar-refractivity contribution is 5.94. The molecule has 0 atom stereocenters. The Hall–Kier alpha value is -2.40. The van der Waals surface area contributed by atoms with Gasteiger partial charge < -0.3 is 15.5 Å². The summed E-state index contributed by atoms with van der Waals surface area (Å²) in [4.78, 5) is 15.5. The Labute approximate surface area is 110 Å². The molecule has 5 heteroatoms. The van der Waals surface area contributed by atoms with Crippen molar-refractivity contribution in [2.75, 3.05) is 0 Å². The first-order chi connectivity index (χ1) is 9.19. The standard InChI is InChI=1S/C14H14N2O3/c17-9-11-3-1-10(2-4-11)6-16-14(19)12-5-13(18)8-15-7-12/h1-5,7-8,17-18H,6,9H2,(H,16,19). The second kappa shape index (κ2) is 5.97. The summed E-state index contributed by atoms with van der Waals surface area (Å²) in [5, 5.41) is 20.9. The van der Waals surface area contributed by atoms with E-state index in [1.807, 2.05) is 12.1 Å². The fourth-order valence-electron chi connectivity index (χ4n) is 1.60. The Morgan fingerprint density at radius 1 is 1.16 bits per heavy atom. The Bertz CT molecular complexity index is 567. The Kier molecular flexibility index (Phi) is 4.10. The summed E-state index contributed by atoms with van der Waals surface area (Å²) in [7, 11) is 0. The monoisotopic (exact) mass is 258 g/mol. The van der Waals surface area contributed by atoms with Crippen LogP contribution in [0.15, 0.2) is 42.7 Å². The molecule has 0 unspecified atom stereocenters. The predicted octanol–water partition coefficient (Wildman–Crippen LogP) is 1.21. The van der Waals surface area contributed by atoms with E-state index in [-0.39, 0.29) is 18.3 Å². The van der Waals surface area contributed by atoms with Crippen LogP contribution in [0, 0.1) is 0 Å². The van der Waals surface area contributed by atoms with E-state index in [1.54, 1.807) is 12.1 Å². The largest absolute Gasteiger partial charge is 0.506 e. The minimum Gasteiger partial charge on any atom is -0.506 e. The van der Waals surface area contributed by atoms with Crippen LogP contribution in [-0.2, 0) is 13.2 Å². The van der Waals surface area contributed by atoms with Crippen molar-refractivity contribution < 1.29 is 15.0 Å². The lowest BCUT2D eigenvalue weighted by molar-refractivity contribution is 0.0950. The van der Waals surface area contributed by atoms with Crippen molar-refractivity contribution in [2.24, 2.45) is 0 Å². The smallest absolute Gasteiger partial charge is 0.253 e. The number of aromatic nitrogens is 1. The summed E-state index contributed by atoms with van der Waals surface area (Å²) in [6.45, 7) is 0.377. The zero-order valence-corrected chi connectivity index (χ0v) is 10.2. The summed E-state index contributed by atoms with van der Waals surface area (Å²) in [6.07, 6.45) is 2.66. The molecule has 1 aromatic carbocycles. The fourth-order valence-corrected chi connectivity index (χ4v) is 1.60. The first-order valence-electron chi connectivity index (χ1n) is 5.80. The van der Waals surface area contributed by atoms with E-state index in [4.69, 9.17) is 5.11 Å². The number of amides is 1. The van der Waals surface area contributed by atoms with Gasteiger partial charge in [-0.1, -0.05) is 24.3 Å². The van der Waals surface area contributed by atoms with Gasteiger partial charge in [-0.05, 0) is 17.2 Å². The highest BCUT2D eigenvalue weighted by atomic mass is 16.3. The van der Waals surface area contributed by atoms with E-state index in [2.05, 4.69) is 10.3 Å². The van der Waals surface area contributed by atoms with Gasteiger partial charge in [-0.15, -0.1) is 0 Å². The Morgan fingerprint density at radius 3 is 2.47 bits per heavy atom. The molecule has 0 radical (unpaired) electrons. The number of carbonyl (C=O) groups excluding carboxylic acids is 1. The molecule has 0 aliphatic rings. The van der Waals surface area contributed by atoms with E-state index in [0.29, 0.717) is 12.1 Å². The van der Waals surface area contributed by atoms with Crippen molar-refractivity contribution in [3.05, 3.63) is 59.4 Å². The number of carbonyl (C=O) groups is 1. The van der Waals surface area contributed by atoms with Crippen molar-refractivity contribution in [1.29, 1.82) is 0 Å². The highest BCUT2D eigenvalue weighted by Crippen LogP contribution is 2.09. The topological polar surface area (TPSA) is 82.5 Å². The first kappa shape index (κ1) is 13.0. The fraction of sp³-hybridized carbons (Fsp3) is 0.143. The average Bonchev–Trinajstić information content (AvgIpc) is 2.45. The number of rotatable bonds is 4. The summed E-state index contributed by atoms with van der Waals surface area (Å²) >= 11 is 0. The Morgan fingerprint density at radius 2 is 1.84 bits per heavy atom. The van der Waals surface area contributed by atoms with Crippen molar-refractivity contribution in [3.8, 4) is 5.75 Å². The quantitative estimate of drug-likeness (QED) is 0.769. The van der Waals surface area contributed by atoms with Crippen molar-refractivity contribution in [1.82, 2.24) is 10.3 Å². The molecule has 2 rings (SSSR count). The van der Waals surface area contributed by atoms with Gasteiger partial charge in [0.25, 0.3) is 5.91 Å². The zero-order chi connectivity index (χ0) is 13.7. The van der Waals surface area contributed by atoms with Crippen LogP contribution in [0.4, 0.5) is 0 Å². The van der Waals surface area contributed by atoms with Gasteiger partial charge in [0.1, 0.15) is 5.75 Å². The molecule has 1 heterocycles. The molecule has 0 aliphatic heterocycles. The molecule has 0 aliphatic carbocycles. The third-order valence-electron chi connectivity index (χ3n) is 2.64. The normalized spacial score (nSPS) is 10.2. The maximum Gasteiger partial charge on any atom is 0.253 e. The van der Waals surface area contributed by atoms with E-state index in [9.17, 15) is 9.90 Å². The van der Waals surface area contributed by atoms with E-state index in [1.165, 1.54) is 18.5 Å². The Balaban J connectivity index is 1.96. The number of benzene rings is 1. The van der Waals surface area contributed by atoms with Crippen LogP contribution in [0.2, 0.25) is 0 Å². The van der Waals surface area contributed by atoms with Gasteiger partial charge in [-0.25, -0.2) is 0 Å². The van der Waals surface area contributed by atoms with Crippen LogP contribution in [-0.4, -0.2) is 21.1 Å². The van der Waals surface area contributed by atoms with Gasteiger partial charge in [0.15, 0.2) is 0 Å². The number of aliphatic hydroxyl groups excluding tert-OH is 1. The van der Waals surface area contributed by atoms with E-state index < -0.39 is 0 Å². The molecule has 0 bridgehead atoms. The number of hydrogen-bond donors (Lipinski definition) is 3. The number of nitrogens with zero attached hydrogens (tertiary/aromatic N) is 1. The summed E-state index contributed by atoms with van der Waals surface area (Å²) < 4.78 is 0. The molecule has 3 N–H and O–H groups in total. The number of pyridine rings is 1. The van der Waals surface area contributed by atoms with Crippen LogP contribution >= 0.6 is 0 Å². The molecule has 0 saturated carbocycles. The lowest BCUT2D eigenvalue weighted by Gasteiger charge is -2.06. The number of aromatic hydroxyl groups is 1. The minimum atomic E-state index is -0.297. The third-order valence-corrected chi connectivity index (χ3v) is 2.64. The predicted molar refractivity (Wildman–Crippen MR) is 69.4 cm³/mol. The molecule has 0 saturated heterocycles. The highest BCUT2D eigenvalue weighted by Gasteiger charge is 2.06. The second-order valence-corrected chi connectivity index (χ2v) is 4.09. The molecule has 1 aromatic heterocycles. The number of nitrogens with one attached hydrogen (secondary N) is 1. The van der Waals surface area contributed by atoms with Gasteiger partial charge in [0.05, 0.1) is 18.4 Å². The van der Waals surface area contributed by atoms with Gasteiger partial charge in [0.2, 0.25) is 0 Å². The van der Waals surface area contributed by atoms with Crippen molar-refractivity contribution >= 4 is 5.91 Å². The van der Waals surface area contributed by atoms with Crippen LogP contribution in [0.25, 0.3) is 0 Å². The summed E-state index contributed by atoms with van der Waals surface area (Å²) in [5.41, 5.74) is 2.07. The van der Waals surface area contributed by atoms with Crippen LogP contribution in [0.3, 0.4) is 0 Å². The van der Waals surface area contributed by atoms with E-state index in [0.717, 1.165) is 11.1 Å². The summed E-state index contributed by atoms with van der Waals surface area (Å²) in [5.74, 6) is -0.338. The molecule has 1 amide bonds. The van der Waals surface area contributed by atoms with Crippen LogP contribution in [0.1, 0.15) is 21.5 Å². The SMILES string of the molecule is O=C(NCc1ccc(CO)cc1)c1cncc(O)c1. The molecule has 98 valence electrons. The summed E-state index contributed by atoms with van der Waals surface area (Å²) in [6, 6.07) is 8.64. The van der Waals surface area contributed by atoms with E-state index >= 15 is 0 Å². The number of aliphatic hydroxyl groups is 1. The number of hydrogen-bond acceptors (Lipinski definition) is 4. The van der Waals surface area contributed by atoms with Gasteiger partial charge in [-0.3, -0.25) is 9.78 Å². The lowest BCUT2D eigenvalue weighted by atomic mass is 10.1. The van der Waals surface area contributed by atoms with Crippen LogP contribution in [0.5, 0.6) is 5.75 Å². The van der Waals surface area contributed by atoms with Crippen molar-refractivity contribution in [2.45, 2.75) is 13.2 Å². The lowest BCUT2D eigenvalue weighted by Crippen LogP contribution is -2.22. The molecule has 5 nitrogen and oxygen atoms in total. The molecular formula is C14H14N2O3. The molecule has 0 fully saturated rings. The van der Waals surface area contributed by atoms with Gasteiger partial charge in [0, 0.05) is 12.7 Å². The molecular weight excluding hydrogens is 244 g/mol. The maximum absolute atomic E-state index is 11.8. The van der Waals surface area contributed by atoms with Gasteiger partial charge in [-0.2, -0.15) is 0 Å². The van der Waals surface area contributed by atoms with Crippen LogP contribution < -0.4 is 5.32 Å². The average molecular weight is 258 g/mol. The maximum atomic E-state index is 11.8. The molecule has 0 spiro atoms. The molecule has 19 heavy (non-hydrogen) atoms. The molecule has 2 aromatic rings. The third kappa shape index (κ3) is 3.53.